The fourth-order valence-corrected chi connectivity index (χ4v) is 3.27. The van der Waals surface area contributed by atoms with Gasteiger partial charge in [0, 0.05) is 16.8 Å². The van der Waals surface area contributed by atoms with E-state index < -0.39 is 5.91 Å². The molecule has 0 fully saturated rings. The zero-order valence-electron chi connectivity index (χ0n) is 16.4. The van der Waals surface area contributed by atoms with Crippen molar-refractivity contribution in [2.24, 2.45) is 0 Å². The van der Waals surface area contributed by atoms with E-state index in [0.717, 1.165) is 5.56 Å². The van der Waals surface area contributed by atoms with Crippen molar-refractivity contribution in [1.29, 1.82) is 5.26 Å². The summed E-state index contributed by atoms with van der Waals surface area (Å²) in [6.07, 6.45) is 0. The van der Waals surface area contributed by atoms with Gasteiger partial charge in [-0.15, -0.1) is 0 Å². The molecule has 0 aliphatic heterocycles. The van der Waals surface area contributed by atoms with E-state index in [9.17, 15) is 14.9 Å². The number of nitrogens with zero attached hydrogens (tertiary/aromatic N) is 2. The molecule has 0 radical (unpaired) electrons. The van der Waals surface area contributed by atoms with Crippen LogP contribution < -0.4 is 10.7 Å². The van der Waals surface area contributed by atoms with Gasteiger partial charge in [0.05, 0.1) is 16.5 Å². The Hall–Kier alpha value is -4.24. The summed E-state index contributed by atoms with van der Waals surface area (Å²) in [4.78, 5) is 30.2. The second-order valence-electron chi connectivity index (χ2n) is 6.85. The molecule has 0 atom stereocenters. The number of fused-ring (bicyclic) bond motifs is 1. The van der Waals surface area contributed by atoms with E-state index in [2.05, 4.69) is 10.3 Å². The number of aromatic nitrogens is 1. The number of nitriles is 1. The molecular weight excluding hydrogens is 378 g/mol. The third kappa shape index (κ3) is 3.33. The molecule has 6 heteroatoms. The molecule has 0 bridgehead atoms. The number of hydrogen-bond acceptors (Lipinski definition) is 5. The first-order valence-corrected chi connectivity index (χ1v) is 9.30. The Morgan fingerprint density at radius 2 is 1.80 bits per heavy atom. The monoisotopic (exact) mass is 395 g/mol. The lowest BCUT2D eigenvalue weighted by molar-refractivity contribution is 0.102. The maximum absolute atomic E-state index is 13.0. The highest BCUT2D eigenvalue weighted by Gasteiger charge is 2.19. The summed E-state index contributed by atoms with van der Waals surface area (Å²) in [5.74, 6) is 0.0678. The maximum Gasteiger partial charge on any atom is 0.260 e. The molecule has 0 aliphatic rings. The van der Waals surface area contributed by atoms with Gasteiger partial charge in [0.15, 0.2) is 16.8 Å². The molecule has 0 aliphatic carbocycles. The molecule has 146 valence electrons. The number of carbonyl (C=O) groups excluding carboxylic acids is 1. The van der Waals surface area contributed by atoms with E-state index in [4.69, 9.17) is 4.42 Å². The van der Waals surface area contributed by atoms with Gasteiger partial charge >= 0.3 is 0 Å². The van der Waals surface area contributed by atoms with Gasteiger partial charge in [-0.3, -0.25) is 9.59 Å². The van der Waals surface area contributed by atoms with Gasteiger partial charge in [0.1, 0.15) is 11.8 Å². The summed E-state index contributed by atoms with van der Waals surface area (Å²) in [6, 6.07) is 19.4. The molecule has 6 nitrogen and oxygen atoms in total. The third-order valence-corrected chi connectivity index (χ3v) is 4.81. The standard InChI is InChI=1S/C24H17N3O3/c1-14-11-12-17(13-25)23(26-14)27-24(29)19-10-6-9-18-20(28)15(2)21(30-22(18)19)16-7-4-3-5-8-16/h3-12H,1-2H3,(H,26,27,29). The lowest BCUT2D eigenvalue weighted by atomic mass is 10.0. The van der Waals surface area contributed by atoms with Crippen LogP contribution in [0.25, 0.3) is 22.3 Å². The minimum absolute atomic E-state index is 0.164. The topological polar surface area (TPSA) is 96.0 Å². The first kappa shape index (κ1) is 19.1. The summed E-state index contributed by atoms with van der Waals surface area (Å²) < 4.78 is 6.08. The van der Waals surface area contributed by atoms with E-state index >= 15 is 0 Å². The molecular formula is C24H17N3O3. The van der Waals surface area contributed by atoms with E-state index in [1.807, 2.05) is 36.4 Å². The quantitative estimate of drug-likeness (QED) is 0.547. The molecule has 0 saturated carbocycles. The van der Waals surface area contributed by atoms with Crippen molar-refractivity contribution in [3.8, 4) is 17.4 Å². The average Bonchev–Trinajstić information content (AvgIpc) is 2.76. The average molecular weight is 395 g/mol. The maximum atomic E-state index is 13.0. The normalized spacial score (nSPS) is 10.6. The fourth-order valence-electron chi connectivity index (χ4n) is 3.27. The molecule has 2 aromatic heterocycles. The summed E-state index contributed by atoms with van der Waals surface area (Å²) in [5, 5.41) is 12.3. The van der Waals surface area contributed by atoms with Gasteiger partial charge in [-0.1, -0.05) is 36.4 Å². The number of anilines is 1. The van der Waals surface area contributed by atoms with Crippen molar-refractivity contribution in [2.75, 3.05) is 5.32 Å². The van der Waals surface area contributed by atoms with Crippen LogP contribution >= 0.6 is 0 Å². The van der Waals surface area contributed by atoms with Crippen LogP contribution in [0.5, 0.6) is 0 Å². The van der Waals surface area contributed by atoms with Gasteiger partial charge in [0.2, 0.25) is 0 Å². The third-order valence-electron chi connectivity index (χ3n) is 4.81. The van der Waals surface area contributed by atoms with Crippen LogP contribution in [0.1, 0.15) is 27.2 Å². The predicted molar refractivity (Wildman–Crippen MR) is 114 cm³/mol. The highest BCUT2D eigenvalue weighted by atomic mass is 16.3. The van der Waals surface area contributed by atoms with Crippen molar-refractivity contribution in [3.05, 3.63) is 93.3 Å². The molecule has 0 saturated heterocycles. The van der Waals surface area contributed by atoms with Crippen LogP contribution in [0.3, 0.4) is 0 Å². The number of hydrogen-bond donors (Lipinski definition) is 1. The van der Waals surface area contributed by atoms with Crippen molar-refractivity contribution in [3.63, 3.8) is 0 Å². The number of carbonyl (C=O) groups is 1. The zero-order chi connectivity index (χ0) is 21.3. The molecule has 4 aromatic rings. The minimum Gasteiger partial charge on any atom is -0.455 e. The number of para-hydroxylation sites is 1. The molecule has 0 spiro atoms. The lowest BCUT2D eigenvalue weighted by Crippen LogP contribution is -2.16. The van der Waals surface area contributed by atoms with Gasteiger partial charge in [-0.2, -0.15) is 5.26 Å². The molecule has 30 heavy (non-hydrogen) atoms. The van der Waals surface area contributed by atoms with Gasteiger partial charge in [-0.25, -0.2) is 4.98 Å². The number of pyridine rings is 1. The minimum atomic E-state index is -0.513. The van der Waals surface area contributed by atoms with Crippen molar-refractivity contribution in [1.82, 2.24) is 4.98 Å². The van der Waals surface area contributed by atoms with Crippen LogP contribution in [-0.4, -0.2) is 10.9 Å². The molecule has 0 unspecified atom stereocenters. The van der Waals surface area contributed by atoms with Crippen molar-refractivity contribution >= 4 is 22.7 Å². The summed E-state index contributed by atoms with van der Waals surface area (Å²) >= 11 is 0. The second kappa shape index (κ2) is 7.64. The SMILES string of the molecule is Cc1ccc(C#N)c(NC(=O)c2cccc3c(=O)c(C)c(-c4ccccc4)oc23)n1. The highest BCUT2D eigenvalue weighted by molar-refractivity contribution is 6.11. The number of amides is 1. The van der Waals surface area contributed by atoms with Crippen LogP contribution in [0.2, 0.25) is 0 Å². The predicted octanol–water partition coefficient (Wildman–Crippen LogP) is 4.60. The first-order chi connectivity index (χ1) is 14.5. The highest BCUT2D eigenvalue weighted by Crippen LogP contribution is 2.27. The van der Waals surface area contributed by atoms with Crippen LogP contribution in [0, 0.1) is 25.2 Å². The number of nitrogens with one attached hydrogen (secondary N) is 1. The second-order valence-corrected chi connectivity index (χ2v) is 6.85. The van der Waals surface area contributed by atoms with E-state index in [0.29, 0.717) is 22.4 Å². The Balaban J connectivity index is 1.87. The Morgan fingerprint density at radius 3 is 2.53 bits per heavy atom. The molecule has 4 rings (SSSR count). The number of rotatable bonds is 3. The molecule has 1 N–H and O–H groups in total. The zero-order valence-corrected chi connectivity index (χ0v) is 16.4. The Labute approximate surface area is 172 Å². The largest absolute Gasteiger partial charge is 0.455 e. The molecule has 2 aromatic carbocycles. The number of aryl methyl sites for hydroxylation is 1. The number of benzene rings is 2. The first-order valence-electron chi connectivity index (χ1n) is 9.30. The Kier molecular flexibility index (Phi) is 4.87. The Bertz CT molecular complexity index is 1380. The summed E-state index contributed by atoms with van der Waals surface area (Å²) in [7, 11) is 0. The van der Waals surface area contributed by atoms with Crippen molar-refractivity contribution < 1.29 is 9.21 Å². The van der Waals surface area contributed by atoms with E-state index in [-0.39, 0.29) is 28.0 Å². The fraction of sp³-hybridized carbons (Fsp3) is 0.0833. The Morgan fingerprint density at radius 1 is 1.03 bits per heavy atom. The van der Waals surface area contributed by atoms with Gasteiger partial charge in [0.25, 0.3) is 5.91 Å². The van der Waals surface area contributed by atoms with Crippen LogP contribution in [0.4, 0.5) is 5.82 Å². The summed E-state index contributed by atoms with van der Waals surface area (Å²) in [6.45, 7) is 3.47. The lowest BCUT2D eigenvalue weighted by Gasteiger charge is -2.11. The van der Waals surface area contributed by atoms with Crippen LogP contribution in [0.15, 0.2) is 69.9 Å². The smallest absolute Gasteiger partial charge is 0.260 e. The summed E-state index contributed by atoms with van der Waals surface area (Å²) in [5.41, 5.74) is 2.31. The van der Waals surface area contributed by atoms with E-state index in [1.54, 1.807) is 44.2 Å². The molecule has 2 heterocycles. The van der Waals surface area contributed by atoms with Crippen molar-refractivity contribution in [2.45, 2.75) is 13.8 Å². The van der Waals surface area contributed by atoms with Gasteiger partial charge in [-0.05, 0) is 38.1 Å². The van der Waals surface area contributed by atoms with E-state index in [1.165, 1.54) is 0 Å². The molecule has 1 amide bonds. The van der Waals surface area contributed by atoms with Gasteiger partial charge < -0.3 is 9.73 Å². The van der Waals surface area contributed by atoms with Crippen LogP contribution in [-0.2, 0) is 0 Å².